The van der Waals surface area contributed by atoms with Crippen molar-refractivity contribution in [3.05, 3.63) is 0 Å². The van der Waals surface area contributed by atoms with E-state index in [0.29, 0.717) is 6.10 Å². The Hall–Kier alpha value is -0.120. The van der Waals surface area contributed by atoms with Gasteiger partial charge in [-0.25, -0.2) is 9.78 Å². The fraction of sp³-hybridized carbons (Fsp3) is 1.00. The quantitative estimate of drug-likeness (QED) is 0.452. The second-order valence-electron chi connectivity index (χ2n) is 2.29. The molecule has 3 heteroatoms. The number of nitrogens with one attached hydrogen (secondary N) is 1. The number of hydrogen-bond acceptors (Lipinski definition) is 3. The van der Waals surface area contributed by atoms with Gasteiger partial charge in [-0.05, 0) is 12.8 Å². The minimum atomic E-state index is 0.181. The predicted octanol–water partition coefficient (Wildman–Crippen LogP) is 0.0263. The molecule has 0 amide bonds. The Kier molecular flexibility index (Phi) is 0.997. The van der Waals surface area contributed by atoms with Gasteiger partial charge in [0.15, 0.2) is 0 Å². The van der Waals surface area contributed by atoms with E-state index >= 15 is 0 Å². The summed E-state index contributed by atoms with van der Waals surface area (Å²) in [6.07, 6.45) is 2.75. The summed E-state index contributed by atoms with van der Waals surface area (Å²) in [5.41, 5.74) is 0. The van der Waals surface area contributed by atoms with Gasteiger partial charge in [0.25, 0.3) is 0 Å². The maximum atomic E-state index is 4.91. The Bertz CT molecular complexity index is 65.4. The molecular formula is C5H9NO2. The highest BCUT2D eigenvalue weighted by molar-refractivity contribution is 4.74. The zero-order valence-electron chi connectivity index (χ0n) is 4.59. The molecule has 2 unspecified atom stereocenters. The Morgan fingerprint density at radius 2 is 2.25 bits per heavy atom. The Morgan fingerprint density at radius 3 is 2.38 bits per heavy atom. The van der Waals surface area contributed by atoms with Crippen LogP contribution in [-0.4, -0.2) is 18.9 Å². The van der Waals surface area contributed by atoms with Crippen molar-refractivity contribution >= 4 is 0 Å². The van der Waals surface area contributed by atoms with Crippen LogP contribution in [0.4, 0.5) is 0 Å². The van der Waals surface area contributed by atoms with Crippen LogP contribution in [0.2, 0.25) is 0 Å². The van der Waals surface area contributed by atoms with E-state index in [1.165, 1.54) is 0 Å². The van der Waals surface area contributed by atoms with E-state index in [4.69, 9.17) is 9.78 Å². The lowest BCUT2D eigenvalue weighted by atomic mass is 10.1. The molecule has 0 aromatic heterocycles. The van der Waals surface area contributed by atoms with Crippen molar-refractivity contribution in [3.63, 3.8) is 0 Å². The van der Waals surface area contributed by atoms with Crippen LogP contribution in [0, 0.1) is 0 Å². The molecule has 2 atom stereocenters. The molecule has 3 heterocycles. The molecule has 46 valence electrons. The lowest BCUT2D eigenvalue weighted by molar-refractivity contribution is -0.399. The summed E-state index contributed by atoms with van der Waals surface area (Å²) in [5, 5.41) is 3.17. The van der Waals surface area contributed by atoms with Crippen LogP contribution in [0.5, 0.6) is 0 Å². The van der Waals surface area contributed by atoms with Gasteiger partial charge in [0.2, 0.25) is 0 Å². The molecule has 3 aliphatic rings. The fourth-order valence-electron chi connectivity index (χ4n) is 1.11. The topological polar surface area (TPSA) is 30.5 Å². The Morgan fingerprint density at radius 1 is 1.25 bits per heavy atom. The summed E-state index contributed by atoms with van der Waals surface area (Å²) in [6, 6.07) is 0. The van der Waals surface area contributed by atoms with Gasteiger partial charge >= 0.3 is 0 Å². The first-order valence-corrected chi connectivity index (χ1v) is 3.01. The van der Waals surface area contributed by atoms with E-state index < -0.39 is 0 Å². The summed E-state index contributed by atoms with van der Waals surface area (Å²) in [7, 11) is 0. The van der Waals surface area contributed by atoms with Crippen molar-refractivity contribution in [1.29, 1.82) is 0 Å². The zero-order valence-corrected chi connectivity index (χ0v) is 4.59. The summed E-state index contributed by atoms with van der Waals surface area (Å²) >= 11 is 0. The summed E-state index contributed by atoms with van der Waals surface area (Å²) < 4.78 is 0. The SMILES string of the molecule is C1CC2NCC1OO2. The second-order valence-corrected chi connectivity index (χ2v) is 2.29. The van der Waals surface area contributed by atoms with Crippen LogP contribution in [0.1, 0.15) is 12.8 Å². The molecule has 0 aliphatic carbocycles. The molecule has 0 aromatic rings. The van der Waals surface area contributed by atoms with Crippen LogP contribution >= 0.6 is 0 Å². The van der Waals surface area contributed by atoms with Gasteiger partial charge in [-0.1, -0.05) is 0 Å². The van der Waals surface area contributed by atoms with E-state index in [-0.39, 0.29) is 6.23 Å². The van der Waals surface area contributed by atoms with Crippen molar-refractivity contribution in [2.45, 2.75) is 25.2 Å². The van der Waals surface area contributed by atoms with E-state index in [1.807, 2.05) is 0 Å². The third-order valence-corrected chi connectivity index (χ3v) is 1.63. The molecule has 3 rings (SSSR count). The number of rotatable bonds is 0. The van der Waals surface area contributed by atoms with E-state index in [1.54, 1.807) is 0 Å². The van der Waals surface area contributed by atoms with Crippen molar-refractivity contribution in [1.82, 2.24) is 5.32 Å². The molecule has 0 aromatic carbocycles. The van der Waals surface area contributed by atoms with Gasteiger partial charge in [0.05, 0.1) is 0 Å². The van der Waals surface area contributed by atoms with E-state index in [9.17, 15) is 0 Å². The molecule has 3 fully saturated rings. The highest BCUT2D eigenvalue weighted by Crippen LogP contribution is 2.18. The minimum Gasteiger partial charge on any atom is -0.287 e. The molecule has 0 saturated carbocycles. The normalized spacial score (nSPS) is 45.0. The molecule has 3 nitrogen and oxygen atoms in total. The molecule has 8 heavy (non-hydrogen) atoms. The van der Waals surface area contributed by atoms with Gasteiger partial charge in [0, 0.05) is 6.54 Å². The minimum absolute atomic E-state index is 0.181. The van der Waals surface area contributed by atoms with Gasteiger partial charge < -0.3 is 0 Å². The lowest BCUT2D eigenvalue weighted by Crippen LogP contribution is -2.50. The molecule has 1 N–H and O–H groups in total. The average Bonchev–Trinajstić information content (AvgIpc) is 1.92. The fourth-order valence-corrected chi connectivity index (χ4v) is 1.11. The lowest BCUT2D eigenvalue weighted by Gasteiger charge is -2.34. The highest BCUT2D eigenvalue weighted by atomic mass is 17.2. The van der Waals surface area contributed by atoms with Crippen molar-refractivity contribution in [2.75, 3.05) is 6.54 Å². The number of fused-ring (bicyclic) bond motifs is 3. The Balaban J connectivity index is 2.03. The predicted molar refractivity (Wildman–Crippen MR) is 27.0 cm³/mol. The average molecular weight is 115 g/mol. The van der Waals surface area contributed by atoms with Crippen LogP contribution < -0.4 is 5.32 Å². The maximum Gasteiger partial charge on any atom is 0.143 e. The zero-order chi connectivity index (χ0) is 5.40. The first kappa shape index (κ1) is 4.73. The maximum absolute atomic E-state index is 4.91. The second kappa shape index (κ2) is 1.69. The van der Waals surface area contributed by atoms with Crippen molar-refractivity contribution < 1.29 is 9.78 Å². The van der Waals surface area contributed by atoms with Gasteiger partial charge in [-0.15, -0.1) is 0 Å². The first-order chi connectivity index (χ1) is 3.95. The molecule has 2 bridgehead atoms. The summed E-state index contributed by atoms with van der Waals surface area (Å²) in [4.78, 5) is 9.78. The smallest absolute Gasteiger partial charge is 0.143 e. The monoisotopic (exact) mass is 115 g/mol. The van der Waals surface area contributed by atoms with Gasteiger partial charge in [0.1, 0.15) is 12.3 Å². The molecule has 0 spiro atoms. The van der Waals surface area contributed by atoms with Crippen LogP contribution in [-0.2, 0) is 9.78 Å². The summed E-state index contributed by atoms with van der Waals surface area (Å²) in [5.74, 6) is 0. The number of hydrogen-bond donors (Lipinski definition) is 1. The molecule has 3 aliphatic heterocycles. The van der Waals surface area contributed by atoms with Gasteiger partial charge in [-0.3, -0.25) is 5.32 Å². The van der Waals surface area contributed by atoms with Crippen LogP contribution in [0.3, 0.4) is 0 Å². The van der Waals surface area contributed by atoms with Crippen LogP contribution in [0.25, 0.3) is 0 Å². The standard InChI is InChI=1S/C5H9NO2/c1-2-5-6-3-4(1)7-8-5/h4-6H,1-3H2. The van der Waals surface area contributed by atoms with Crippen LogP contribution in [0.15, 0.2) is 0 Å². The van der Waals surface area contributed by atoms with E-state index in [2.05, 4.69) is 5.32 Å². The molecule has 3 saturated heterocycles. The van der Waals surface area contributed by atoms with Crippen molar-refractivity contribution in [2.24, 2.45) is 0 Å². The highest BCUT2D eigenvalue weighted by Gasteiger charge is 2.28. The summed E-state index contributed by atoms with van der Waals surface area (Å²) in [6.45, 7) is 0.963. The first-order valence-electron chi connectivity index (χ1n) is 3.01. The number of piperidine rings is 1. The molecule has 0 radical (unpaired) electrons. The largest absolute Gasteiger partial charge is 0.287 e. The molecular weight excluding hydrogens is 106 g/mol. The van der Waals surface area contributed by atoms with Gasteiger partial charge in [-0.2, -0.15) is 0 Å². The Labute approximate surface area is 47.9 Å². The third-order valence-electron chi connectivity index (χ3n) is 1.63. The van der Waals surface area contributed by atoms with Crippen molar-refractivity contribution in [3.8, 4) is 0 Å². The van der Waals surface area contributed by atoms with E-state index in [0.717, 1.165) is 19.4 Å². The third kappa shape index (κ3) is 0.632.